The molecule has 0 radical (unpaired) electrons. The molecule has 0 aromatic heterocycles. The number of carbonyl (C=O) groups is 1. The molecule has 0 aliphatic carbocycles. The van der Waals surface area contributed by atoms with Crippen LogP contribution in [-0.2, 0) is 4.79 Å². The van der Waals surface area contributed by atoms with Crippen LogP contribution in [-0.4, -0.2) is 13.0 Å². The lowest BCUT2D eigenvalue weighted by atomic mass is 10.3. The summed E-state index contributed by atoms with van der Waals surface area (Å²) in [5, 5.41) is 0. The lowest BCUT2D eigenvalue weighted by Gasteiger charge is -2.13. The SMILES string of the molecule is CCN(C=O)c1ccccc1. The van der Waals surface area contributed by atoms with E-state index in [1.807, 2.05) is 37.3 Å². The number of nitrogens with zero attached hydrogens (tertiary/aromatic N) is 1. The number of para-hydroxylation sites is 1. The van der Waals surface area contributed by atoms with Crippen molar-refractivity contribution < 1.29 is 4.79 Å². The minimum atomic E-state index is 0.716. The molecule has 0 N–H and O–H groups in total. The maximum Gasteiger partial charge on any atom is 0.214 e. The normalized spacial score (nSPS) is 9.18. The van der Waals surface area contributed by atoms with Crippen LogP contribution in [0.1, 0.15) is 6.92 Å². The van der Waals surface area contributed by atoms with E-state index in [4.69, 9.17) is 0 Å². The van der Waals surface area contributed by atoms with Crippen molar-refractivity contribution in [2.75, 3.05) is 11.4 Å². The number of anilines is 1. The summed E-state index contributed by atoms with van der Waals surface area (Å²) in [5.74, 6) is 0. The first-order chi connectivity index (χ1) is 5.38. The van der Waals surface area contributed by atoms with E-state index in [1.165, 1.54) is 0 Å². The van der Waals surface area contributed by atoms with Crippen LogP contribution in [0.4, 0.5) is 5.69 Å². The van der Waals surface area contributed by atoms with Crippen LogP contribution in [0, 0.1) is 0 Å². The molecular formula is C9H11NO. The minimum Gasteiger partial charge on any atom is -0.315 e. The molecule has 0 unspecified atom stereocenters. The molecule has 58 valence electrons. The number of hydrogen-bond acceptors (Lipinski definition) is 1. The van der Waals surface area contributed by atoms with Crippen LogP contribution >= 0.6 is 0 Å². The van der Waals surface area contributed by atoms with Crippen molar-refractivity contribution in [3.63, 3.8) is 0 Å². The third-order valence-corrected chi connectivity index (χ3v) is 1.56. The molecule has 2 heteroatoms. The molecule has 0 heterocycles. The Hall–Kier alpha value is -1.31. The predicted octanol–water partition coefficient (Wildman–Crippen LogP) is 1.67. The summed E-state index contributed by atoms with van der Waals surface area (Å²) in [7, 11) is 0. The molecule has 0 saturated carbocycles. The van der Waals surface area contributed by atoms with E-state index in [-0.39, 0.29) is 0 Å². The summed E-state index contributed by atoms with van der Waals surface area (Å²) in [4.78, 5) is 12.1. The Kier molecular flexibility index (Phi) is 2.66. The minimum absolute atomic E-state index is 0.716. The van der Waals surface area contributed by atoms with Gasteiger partial charge in [-0.25, -0.2) is 0 Å². The van der Waals surface area contributed by atoms with E-state index in [0.717, 1.165) is 12.1 Å². The van der Waals surface area contributed by atoms with Gasteiger partial charge in [0.2, 0.25) is 6.41 Å². The van der Waals surface area contributed by atoms with Crippen molar-refractivity contribution in [1.82, 2.24) is 0 Å². The van der Waals surface area contributed by atoms with Crippen LogP contribution in [0.25, 0.3) is 0 Å². The van der Waals surface area contributed by atoms with Crippen LogP contribution in [0.3, 0.4) is 0 Å². The van der Waals surface area contributed by atoms with E-state index in [9.17, 15) is 4.79 Å². The van der Waals surface area contributed by atoms with Gasteiger partial charge in [-0.1, -0.05) is 18.2 Å². The van der Waals surface area contributed by atoms with Gasteiger partial charge in [0.05, 0.1) is 0 Å². The number of rotatable bonds is 3. The summed E-state index contributed by atoms with van der Waals surface area (Å²) in [6.07, 6.45) is 0.843. The van der Waals surface area contributed by atoms with Crippen LogP contribution in [0.5, 0.6) is 0 Å². The first-order valence-electron chi connectivity index (χ1n) is 3.65. The lowest BCUT2D eigenvalue weighted by molar-refractivity contribution is -0.107. The van der Waals surface area contributed by atoms with Crippen molar-refractivity contribution in [2.24, 2.45) is 0 Å². The van der Waals surface area contributed by atoms with Crippen molar-refractivity contribution in [3.05, 3.63) is 30.3 Å². The van der Waals surface area contributed by atoms with Crippen molar-refractivity contribution in [2.45, 2.75) is 6.92 Å². The fourth-order valence-corrected chi connectivity index (χ4v) is 0.937. The van der Waals surface area contributed by atoms with Gasteiger partial charge in [-0.15, -0.1) is 0 Å². The van der Waals surface area contributed by atoms with Crippen LogP contribution < -0.4 is 4.90 Å². The molecule has 0 aliphatic rings. The molecule has 2 nitrogen and oxygen atoms in total. The van der Waals surface area contributed by atoms with E-state index in [1.54, 1.807) is 4.90 Å². The number of hydrogen-bond donors (Lipinski definition) is 0. The summed E-state index contributed by atoms with van der Waals surface area (Å²) >= 11 is 0. The zero-order valence-corrected chi connectivity index (χ0v) is 6.53. The molecule has 0 fully saturated rings. The molecule has 0 saturated heterocycles. The van der Waals surface area contributed by atoms with Gasteiger partial charge in [0.1, 0.15) is 0 Å². The second kappa shape index (κ2) is 3.76. The lowest BCUT2D eigenvalue weighted by Crippen LogP contribution is -2.19. The largest absolute Gasteiger partial charge is 0.315 e. The first-order valence-corrected chi connectivity index (χ1v) is 3.65. The second-order valence-electron chi connectivity index (χ2n) is 2.23. The highest BCUT2D eigenvalue weighted by atomic mass is 16.1. The van der Waals surface area contributed by atoms with Gasteiger partial charge in [-0.3, -0.25) is 4.79 Å². The molecule has 1 rings (SSSR count). The third kappa shape index (κ3) is 1.80. The van der Waals surface area contributed by atoms with Gasteiger partial charge in [-0.2, -0.15) is 0 Å². The number of benzene rings is 1. The van der Waals surface area contributed by atoms with Gasteiger partial charge in [0, 0.05) is 12.2 Å². The average molecular weight is 149 g/mol. The fourth-order valence-electron chi connectivity index (χ4n) is 0.937. The molecule has 1 amide bonds. The number of carbonyl (C=O) groups excluding carboxylic acids is 1. The standard InChI is InChI=1S/C9H11NO/c1-2-10(8-11)9-6-4-3-5-7-9/h3-8H,2H2,1H3. The highest BCUT2D eigenvalue weighted by molar-refractivity contribution is 5.74. The summed E-state index contributed by atoms with van der Waals surface area (Å²) in [6, 6.07) is 9.60. The van der Waals surface area contributed by atoms with Gasteiger partial charge < -0.3 is 4.90 Å². The van der Waals surface area contributed by atoms with Crippen molar-refractivity contribution in [3.8, 4) is 0 Å². The van der Waals surface area contributed by atoms with Gasteiger partial charge in [-0.05, 0) is 19.1 Å². The quantitative estimate of drug-likeness (QED) is 0.598. The Balaban J connectivity index is 2.82. The Bertz CT molecular complexity index is 220. The fraction of sp³-hybridized carbons (Fsp3) is 0.222. The smallest absolute Gasteiger partial charge is 0.214 e. The van der Waals surface area contributed by atoms with E-state index < -0.39 is 0 Å². The van der Waals surface area contributed by atoms with Crippen molar-refractivity contribution >= 4 is 12.1 Å². The maximum atomic E-state index is 10.5. The van der Waals surface area contributed by atoms with Crippen LogP contribution in [0.2, 0.25) is 0 Å². The summed E-state index contributed by atoms with van der Waals surface area (Å²) in [5.41, 5.74) is 0.949. The molecule has 0 spiro atoms. The average Bonchev–Trinajstić information content (AvgIpc) is 2.09. The molecule has 0 atom stereocenters. The summed E-state index contributed by atoms with van der Waals surface area (Å²) in [6.45, 7) is 2.66. The molecule has 0 bridgehead atoms. The first kappa shape index (κ1) is 7.79. The monoisotopic (exact) mass is 149 g/mol. The number of amides is 1. The van der Waals surface area contributed by atoms with E-state index >= 15 is 0 Å². The maximum absolute atomic E-state index is 10.5. The summed E-state index contributed by atoms with van der Waals surface area (Å²) < 4.78 is 0. The molecular weight excluding hydrogens is 138 g/mol. The van der Waals surface area contributed by atoms with Gasteiger partial charge in [0.15, 0.2) is 0 Å². The second-order valence-corrected chi connectivity index (χ2v) is 2.23. The Morgan fingerprint density at radius 2 is 2.00 bits per heavy atom. The Morgan fingerprint density at radius 3 is 2.45 bits per heavy atom. The van der Waals surface area contributed by atoms with Crippen molar-refractivity contribution in [1.29, 1.82) is 0 Å². The van der Waals surface area contributed by atoms with E-state index in [2.05, 4.69) is 0 Å². The molecule has 1 aromatic rings. The predicted molar refractivity (Wildman–Crippen MR) is 45.5 cm³/mol. The molecule has 1 aromatic carbocycles. The highest BCUT2D eigenvalue weighted by Crippen LogP contribution is 2.09. The topological polar surface area (TPSA) is 20.3 Å². The Morgan fingerprint density at radius 1 is 1.36 bits per heavy atom. The third-order valence-electron chi connectivity index (χ3n) is 1.56. The van der Waals surface area contributed by atoms with Crippen LogP contribution in [0.15, 0.2) is 30.3 Å². The molecule has 0 aliphatic heterocycles. The zero-order valence-electron chi connectivity index (χ0n) is 6.53. The Labute approximate surface area is 66.4 Å². The van der Waals surface area contributed by atoms with Gasteiger partial charge >= 0.3 is 0 Å². The molecule has 11 heavy (non-hydrogen) atoms. The van der Waals surface area contributed by atoms with Gasteiger partial charge in [0.25, 0.3) is 0 Å². The zero-order chi connectivity index (χ0) is 8.10. The highest BCUT2D eigenvalue weighted by Gasteiger charge is 1.98. The van der Waals surface area contributed by atoms with E-state index in [0.29, 0.717) is 6.54 Å².